The summed E-state index contributed by atoms with van der Waals surface area (Å²) in [7, 11) is 7.11. The van der Waals surface area contributed by atoms with Crippen LogP contribution < -0.4 is 4.74 Å². The highest BCUT2D eigenvalue weighted by Crippen LogP contribution is 2.32. The van der Waals surface area contributed by atoms with Crippen LogP contribution in [0.4, 0.5) is 4.79 Å². The minimum absolute atomic E-state index is 0.0205. The van der Waals surface area contributed by atoms with Crippen molar-refractivity contribution >= 4 is 6.09 Å². The summed E-state index contributed by atoms with van der Waals surface area (Å²) in [5.74, 6) is 0.860. The fourth-order valence-corrected chi connectivity index (χ4v) is 2.69. The second-order valence-electron chi connectivity index (χ2n) is 5.26. The molecule has 1 unspecified atom stereocenters. The van der Waals surface area contributed by atoms with Gasteiger partial charge in [0.15, 0.2) is 0 Å². The number of fused-ring (bicyclic) bond motifs is 1. The van der Waals surface area contributed by atoms with Gasteiger partial charge in [0.05, 0.1) is 20.3 Å². The summed E-state index contributed by atoms with van der Waals surface area (Å²) >= 11 is 0. The molecule has 5 nitrogen and oxygen atoms in total. The van der Waals surface area contributed by atoms with E-state index in [4.69, 9.17) is 9.47 Å². The summed E-state index contributed by atoms with van der Waals surface area (Å²) < 4.78 is 10.2. The van der Waals surface area contributed by atoms with E-state index in [0.29, 0.717) is 6.54 Å². The number of rotatable bonds is 3. The topological polar surface area (TPSA) is 42.0 Å². The van der Waals surface area contributed by atoms with Crippen molar-refractivity contribution in [1.82, 2.24) is 9.80 Å². The minimum Gasteiger partial charge on any atom is -0.497 e. The van der Waals surface area contributed by atoms with Crippen molar-refractivity contribution < 1.29 is 14.3 Å². The number of amides is 1. The quantitative estimate of drug-likeness (QED) is 0.847. The average molecular weight is 278 g/mol. The molecule has 1 heterocycles. The normalized spacial score (nSPS) is 17.9. The maximum atomic E-state index is 12.0. The van der Waals surface area contributed by atoms with Gasteiger partial charge in [0.2, 0.25) is 0 Å². The molecule has 0 saturated heterocycles. The van der Waals surface area contributed by atoms with Gasteiger partial charge in [-0.15, -0.1) is 0 Å². The molecule has 20 heavy (non-hydrogen) atoms. The van der Waals surface area contributed by atoms with Gasteiger partial charge in [-0.1, -0.05) is 6.07 Å². The van der Waals surface area contributed by atoms with E-state index in [1.807, 2.05) is 20.2 Å². The number of likely N-dealkylation sites (N-methyl/N-ethyl adjacent to an activating group) is 1. The average Bonchev–Trinajstić information content (AvgIpc) is 2.45. The third-order valence-electron chi connectivity index (χ3n) is 3.65. The molecule has 1 aromatic carbocycles. The van der Waals surface area contributed by atoms with Crippen LogP contribution in [0.25, 0.3) is 0 Å². The molecule has 0 N–H and O–H groups in total. The molecule has 0 aliphatic carbocycles. The van der Waals surface area contributed by atoms with Crippen molar-refractivity contribution in [3.63, 3.8) is 0 Å². The molecule has 1 aliphatic rings. The van der Waals surface area contributed by atoms with Gasteiger partial charge < -0.3 is 14.4 Å². The predicted octanol–water partition coefficient (Wildman–Crippen LogP) is 1.92. The van der Waals surface area contributed by atoms with Crippen LogP contribution in [0.15, 0.2) is 18.2 Å². The van der Waals surface area contributed by atoms with Crippen LogP contribution in [0.2, 0.25) is 0 Å². The largest absolute Gasteiger partial charge is 0.497 e. The smallest absolute Gasteiger partial charge is 0.410 e. The van der Waals surface area contributed by atoms with Crippen molar-refractivity contribution in [1.29, 1.82) is 0 Å². The molecule has 5 heteroatoms. The molecule has 0 saturated carbocycles. The fraction of sp³-hybridized carbons (Fsp3) is 0.533. The Morgan fingerprint density at radius 3 is 2.75 bits per heavy atom. The van der Waals surface area contributed by atoms with Crippen molar-refractivity contribution in [3.8, 4) is 5.75 Å². The summed E-state index contributed by atoms with van der Waals surface area (Å²) in [6.45, 7) is 1.44. The molecule has 110 valence electrons. The Balaban J connectivity index is 2.36. The van der Waals surface area contributed by atoms with Crippen molar-refractivity contribution in [2.75, 3.05) is 41.4 Å². The molecule has 0 bridgehead atoms. The van der Waals surface area contributed by atoms with Gasteiger partial charge in [-0.25, -0.2) is 4.79 Å². The zero-order chi connectivity index (χ0) is 14.7. The molecule has 1 amide bonds. The van der Waals surface area contributed by atoms with Crippen LogP contribution in [-0.2, 0) is 11.2 Å². The molecule has 0 aromatic heterocycles. The van der Waals surface area contributed by atoms with E-state index < -0.39 is 0 Å². The molecule has 1 atom stereocenters. The molecule has 0 radical (unpaired) electrons. The Morgan fingerprint density at radius 2 is 2.15 bits per heavy atom. The summed E-state index contributed by atoms with van der Waals surface area (Å²) in [5.41, 5.74) is 2.42. The Bertz CT molecular complexity index is 488. The van der Waals surface area contributed by atoms with E-state index in [9.17, 15) is 4.79 Å². The van der Waals surface area contributed by atoms with Crippen LogP contribution in [0.3, 0.4) is 0 Å². The first-order valence-corrected chi connectivity index (χ1v) is 6.73. The fourth-order valence-electron chi connectivity index (χ4n) is 2.69. The monoisotopic (exact) mass is 278 g/mol. The second kappa shape index (κ2) is 6.13. The maximum Gasteiger partial charge on any atom is 0.410 e. The zero-order valence-corrected chi connectivity index (χ0v) is 12.5. The summed E-state index contributed by atoms with van der Waals surface area (Å²) in [5, 5.41) is 0. The van der Waals surface area contributed by atoms with Crippen LogP contribution in [0.5, 0.6) is 5.75 Å². The summed E-state index contributed by atoms with van der Waals surface area (Å²) in [4.78, 5) is 15.8. The van der Waals surface area contributed by atoms with E-state index >= 15 is 0 Å². The van der Waals surface area contributed by atoms with Crippen LogP contribution in [0, 0.1) is 0 Å². The first kappa shape index (κ1) is 14.7. The lowest BCUT2D eigenvalue weighted by Gasteiger charge is -2.37. The number of nitrogens with zero attached hydrogens (tertiary/aromatic N) is 2. The molecular weight excluding hydrogens is 256 g/mol. The van der Waals surface area contributed by atoms with Gasteiger partial charge in [0, 0.05) is 13.1 Å². The number of benzene rings is 1. The summed E-state index contributed by atoms with van der Waals surface area (Å²) in [6, 6.07) is 6.08. The number of hydrogen-bond donors (Lipinski definition) is 0. The van der Waals surface area contributed by atoms with Crippen molar-refractivity contribution in [3.05, 3.63) is 29.3 Å². The second-order valence-corrected chi connectivity index (χ2v) is 5.26. The lowest BCUT2D eigenvalue weighted by molar-refractivity contribution is 0.0924. The number of methoxy groups -OCH3 is 2. The van der Waals surface area contributed by atoms with E-state index in [-0.39, 0.29) is 12.1 Å². The Hall–Kier alpha value is -1.75. The van der Waals surface area contributed by atoms with Crippen LogP contribution in [0.1, 0.15) is 17.2 Å². The molecule has 1 aliphatic heterocycles. The van der Waals surface area contributed by atoms with Gasteiger partial charge >= 0.3 is 6.09 Å². The van der Waals surface area contributed by atoms with Crippen LogP contribution >= 0.6 is 0 Å². The third kappa shape index (κ3) is 2.88. The highest BCUT2D eigenvalue weighted by atomic mass is 16.5. The molecule has 1 aromatic rings. The van der Waals surface area contributed by atoms with Gasteiger partial charge in [0.25, 0.3) is 0 Å². The highest BCUT2D eigenvalue weighted by Gasteiger charge is 2.31. The highest BCUT2D eigenvalue weighted by molar-refractivity contribution is 5.69. The first-order chi connectivity index (χ1) is 9.56. The lowest BCUT2D eigenvalue weighted by Crippen LogP contribution is -2.43. The Morgan fingerprint density at radius 1 is 1.40 bits per heavy atom. The number of hydrogen-bond acceptors (Lipinski definition) is 4. The van der Waals surface area contributed by atoms with Crippen LogP contribution in [-0.4, -0.2) is 57.3 Å². The number of carbonyl (C=O) groups excluding carboxylic acids is 1. The summed E-state index contributed by atoms with van der Waals surface area (Å²) in [6.07, 6.45) is 0.560. The van der Waals surface area contributed by atoms with E-state index in [1.165, 1.54) is 18.2 Å². The molecule has 2 rings (SSSR count). The number of ether oxygens (including phenoxy) is 2. The molecule has 0 spiro atoms. The third-order valence-corrected chi connectivity index (χ3v) is 3.65. The van der Waals surface area contributed by atoms with Gasteiger partial charge in [0.1, 0.15) is 5.75 Å². The standard InChI is InChI=1S/C15H22N2O3/c1-16(2)10-14-13-6-5-12(19-3)9-11(13)7-8-17(14)15(18)20-4/h5-6,9,14H,7-8,10H2,1-4H3. The predicted molar refractivity (Wildman–Crippen MR) is 77.1 cm³/mol. The van der Waals surface area contributed by atoms with Crippen molar-refractivity contribution in [2.45, 2.75) is 12.5 Å². The van der Waals surface area contributed by atoms with Crippen molar-refractivity contribution in [2.24, 2.45) is 0 Å². The number of carbonyl (C=O) groups is 1. The first-order valence-electron chi connectivity index (χ1n) is 6.73. The minimum atomic E-state index is -0.265. The Labute approximate surface area is 120 Å². The SMILES string of the molecule is COC(=O)N1CCc2cc(OC)ccc2C1CN(C)C. The van der Waals surface area contributed by atoms with E-state index in [1.54, 1.807) is 12.0 Å². The van der Waals surface area contributed by atoms with Gasteiger partial charge in [-0.05, 0) is 43.8 Å². The van der Waals surface area contributed by atoms with Gasteiger partial charge in [-0.2, -0.15) is 0 Å². The van der Waals surface area contributed by atoms with Gasteiger partial charge in [-0.3, -0.25) is 4.90 Å². The molecule has 0 fully saturated rings. The zero-order valence-electron chi connectivity index (χ0n) is 12.5. The lowest BCUT2D eigenvalue weighted by atomic mass is 9.92. The van der Waals surface area contributed by atoms with E-state index in [0.717, 1.165) is 18.7 Å². The molecular formula is C15H22N2O3. The van der Waals surface area contributed by atoms with E-state index in [2.05, 4.69) is 17.0 Å². The Kier molecular flexibility index (Phi) is 4.49. The maximum absolute atomic E-state index is 12.0.